The van der Waals surface area contributed by atoms with Gasteiger partial charge in [-0.1, -0.05) is 6.07 Å². The maximum absolute atomic E-state index is 12.5. The van der Waals surface area contributed by atoms with Crippen LogP contribution >= 0.6 is 11.3 Å². The number of aromatic nitrogens is 2. The molecule has 0 atom stereocenters. The molecule has 2 N–H and O–H groups in total. The summed E-state index contributed by atoms with van der Waals surface area (Å²) >= 11 is 1.55. The highest BCUT2D eigenvalue weighted by Gasteiger charge is 2.27. The number of hydrogen-bond acceptors (Lipinski definition) is 8. The van der Waals surface area contributed by atoms with Gasteiger partial charge in [-0.05, 0) is 43.3 Å². The smallest absolute Gasteiger partial charge is 0.309 e. The van der Waals surface area contributed by atoms with Gasteiger partial charge in [-0.25, -0.2) is 9.97 Å². The Labute approximate surface area is 177 Å². The van der Waals surface area contributed by atoms with Crippen LogP contribution in [0.2, 0.25) is 0 Å². The van der Waals surface area contributed by atoms with Gasteiger partial charge in [-0.15, -0.1) is 11.3 Å². The minimum Gasteiger partial charge on any atom is -0.459 e. The van der Waals surface area contributed by atoms with Crippen LogP contribution in [0.3, 0.4) is 0 Å². The predicted molar refractivity (Wildman–Crippen MR) is 112 cm³/mol. The molecule has 1 aliphatic rings. The SMILES string of the molecule is Cc1oc(-c2cccs2)nc1COC(=O)C1CCN(c2ccc(C(N)=O)cn2)CC1. The van der Waals surface area contributed by atoms with Gasteiger partial charge in [-0.2, -0.15) is 0 Å². The molecule has 1 amide bonds. The van der Waals surface area contributed by atoms with Crippen molar-refractivity contribution < 1.29 is 18.7 Å². The fraction of sp³-hybridized carbons (Fsp3) is 0.333. The Hall–Kier alpha value is -3.20. The maximum atomic E-state index is 12.5. The Morgan fingerprint density at radius 3 is 2.73 bits per heavy atom. The fourth-order valence-electron chi connectivity index (χ4n) is 3.39. The number of esters is 1. The molecule has 1 fully saturated rings. The highest BCUT2D eigenvalue weighted by Crippen LogP contribution is 2.27. The highest BCUT2D eigenvalue weighted by molar-refractivity contribution is 7.13. The number of nitrogens with zero attached hydrogens (tertiary/aromatic N) is 3. The molecule has 0 unspecified atom stereocenters. The number of ether oxygens (including phenoxy) is 1. The minimum absolute atomic E-state index is 0.107. The molecule has 3 aromatic heterocycles. The van der Waals surface area contributed by atoms with Crippen LogP contribution in [0.1, 0.15) is 34.7 Å². The number of nitrogens with two attached hydrogens (primary N) is 1. The zero-order valence-electron chi connectivity index (χ0n) is 16.5. The van der Waals surface area contributed by atoms with Gasteiger partial charge in [-0.3, -0.25) is 9.59 Å². The van der Waals surface area contributed by atoms with Crippen LogP contribution in [0.5, 0.6) is 0 Å². The Balaban J connectivity index is 1.29. The lowest BCUT2D eigenvalue weighted by atomic mass is 9.97. The number of piperidine rings is 1. The average molecular weight is 426 g/mol. The first-order valence-corrected chi connectivity index (χ1v) is 10.6. The van der Waals surface area contributed by atoms with Gasteiger partial charge in [0.2, 0.25) is 11.8 Å². The molecule has 0 bridgehead atoms. The summed E-state index contributed by atoms with van der Waals surface area (Å²) < 4.78 is 11.2. The summed E-state index contributed by atoms with van der Waals surface area (Å²) in [4.78, 5) is 35.5. The molecule has 156 valence electrons. The van der Waals surface area contributed by atoms with E-state index in [4.69, 9.17) is 14.9 Å². The molecule has 4 heterocycles. The number of thiophene rings is 1. The molecule has 0 aliphatic carbocycles. The minimum atomic E-state index is -0.500. The van der Waals surface area contributed by atoms with Crippen molar-refractivity contribution in [1.29, 1.82) is 0 Å². The fourth-order valence-corrected chi connectivity index (χ4v) is 4.04. The van der Waals surface area contributed by atoms with E-state index >= 15 is 0 Å². The molecular formula is C21H22N4O4S. The lowest BCUT2D eigenvalue weighted by Crippen LogP contribution is -2.37. The van der Waals surface area contributed by atoms with Crippen LogP contribution in [0.15, 0.2) is 40.3 Å². The number of oxazole rings is 1. The van der Waals surface area contributed by atoms with E-state index in [0.717, 1.165) is 10.7 Å². The standard InChI is InChI=1S/C21H22N4O4S/c1-13-16(24-20(29-13)17-3-2-10-30-17)12-28-21(27)14-6-8-25(9-7-14)18-5-4-15(11-23-18)19(22)26/h2-5,10-11,14H,6-9,12H2,1H3,(H2,22,26). The van der Waals surface area contributed by atoms with Crippen molar-refractivity contribution in [2.75, 3.05) is 18.0 Å². The van der Waals surface area contributed by atoms with E-state index in [1.54, 1.807) is 23.5 Å². The van der Waals surface area contributed by atoms with Crippen molar-refractivity contribution in [3.8, 4) is 10.8 Å². The average Bonchev–Trinajstić information content (AvgIpc) is 3.42. The van der Waals surface area contributed by atoms with E-state index in [1.165, 1.54) is 6.20 Å². The van der Waals surface area contributed by atoms with Crippen LogP contribution in [0.4, 0.5) is 5.82 Å². The molecule has 9 heteroatoms. The zero-order chi connectivity index (χ0) is 21.1. The van der Waals surface area contributed by atoms with Crippen molar-refractivity contribution >= 4 is 29.0 Å². The third kappa shape index (κ3) is 4.35. The van der Waals surface area contributed by atoms with Crippen molar-refractivity contribution in [1.82, 2.24) is 9.97 Å². The van der Waals surface area contributed by atoms with Gasteiger partial charge in [0.15, 0.2) is 0 Å². The second-order valence-electron chi connectivity index (χ2n) is 7.14. The van der Waals surface area contributed by atoms with E-state index < -0.39 is 5.91 Å². The molecular weight excluding hydrogens is 404 g/mol. The molecule has 0 saturated carbocycles. The van der Waals surface area contributed by atoms with Crippen LogP contribution in [0, 0.1) is 12.8 Å². The number of pyridine rings is 1. The summed E-state index contributed by atoms with van der Waals surface area (Å²) in [5.74, 6) is 1.11. The molecule has 0 radical (unpaired) electrons. The first-order valence-electron chi connectivity index (χ1n) is 9.69. The predicted octanol–water partition coefficient (Wildman–Crippen LogP) is 3.17. The van der Waals surface area contributed by atoms with E-state index in [-0.39, 0.29) is 18.5 Å². The van der Waals surface area contributed by atoms with Gasteiger partial charge in [0.1, 0.15) is 23.9 Å². The van der Waals surface area contributed by atoms with Gasteiger partial charge in [0.05, 0.1) is 16.4 Å². The molecule has 0 aromatic carbocycles. The Bertz CT molecular complexity index is 1020. The summed E-state index contributed by atoms with van der Waals surface area (Å²) in [6, 6.07) is 7.32. The van der Waals surface area contributed by atoms with E-state index in [1.807, 2.05) is 24.4 Å². The number of primary amides is 1. The summed E-state index contributed by atoms with van der Waals surface area (Å²) in [5, 5.41) is 1.96. The van der Waals surface area contributed by atoms with Crippen LogP contribution in [-0.4, -0.2) is 34.9 Å². The lowest BCUT2D eigenvalue weighted by molar-refractivity contribution is -0.150. The van der Waals surface area contributed by atoms with Crippen molar-refractivity contribution in [3.63, 3.8) is 0 Å². The first-order chi connectivity index (χ1) is 14.5. The summed E-state index contributed by atoms with van der Waals surface area (Å²) in [5.41, 5.74) is 6.26. The monoisotopic (exact) mass is 426 g/mol. The Kier molecular flexibility index (Phi) is 5.80. The number of hydrogen-bond donors (Lipinski definition) is 1. The number of rotatable bonds is 6. The van der Waals surface area contributed by atoms with Gasteiger partial charge >= 0.3 is 5.97 Å². The molecule has 3 aromatic rings. The highest BCUT2D eigenvalue weighted by atomic mass is 32.1. The molecule has 0 spiro atoms. The first kappa shape index (κ1) is 20.1. The topological polar surface area (TPSA) is 112 Å². The quantitative estimate of drug-likeness (QED) is 0.603. The molecule has 8 nitrogen and oxygen atoms in total. The number of anilines is 1. The van der Waals surface area contributed by atoms with E-state index in [9.17, 15) is 9.59 Å². The van der Waals surface area contributed by atoms with E-state index in [0.29, 0.717) is 48.8 Å². The molecule has 30 heavy (non-hydrogen) atoms. The number of amides is 1. The number of carbonyl (C=O) groups is 2. The van der Waals surface area contributed by atoms with E-state index in [2.05, 4.69) is 14.9 Å². The molecule has 4 rings (SSSR count). The second-order valence-corrected chi connectivity index (χ2v) is 8.09. The number of carbonyl (C=O) groups excluding carboxylic acids is 2. The van der Waals surface area contributed by atoms with Crippen LogP contribution < -0.4 is 10.6 Å². The normalized spacial score (nSPS) is 14.6. The zero-order valence-corrected chi connectivity index (χ0v) is 17.4. The van der Waals surface area contributed by atoms with Crippen molar-refractivity contribution in [2.24, 2.45) is 11.7 Å². The van der Waals surface area contributed by atoms with Gasteiger partial charge in [0.25, 0.3) is 0 Å². The Morgan fingerprint density at radius 2 is 2.10 bits per heavy atom. The van der Waals surface area contributed by atoms with Gasteiger partial charge < -0.3 is 19.8 Å². The summed E-state index contributed by atoms with van der Waals surface area (Å²) in [6.45, 7) is 3.31. The van der Waals surface area contributed by atoms with Crippen molar-refractivity contribution in [3.05, 3.63) is 52.9 Å². The van der Waals surface area contributed by atoms with Crippen LogP contribution in [0.25, 0.3) is 10.8 Å². The molecule has 1 saturated heterocycles. The summed E-state index contributed by atoms with van der Waals surface area (Å²) in [6.07, 6.45) is 2.83. The summed E-state index contributed by atoms with van der Waals surface area (Å²) in [7, 11) is 0. The Morgan fingerprint density at radius 1 is 1.30 bits per heavy atom. The largest absolute Gasteiger partial charge is 0.459 e. The third-order valence-corrected chi connectivity index (χ3v) is 6.02. The maximum Gasteiger partial charge on any atom is 0.309 e. The lowest BCUT2D eigenvalue weighted by Gasteiger charge is -2.31. The van der Waals surface area contributed by atoms with Crippen molar-refractivity contribution in [2.45, 2.75) is 26.4 Å². The number of aryl methyl sites for hydroxylation is 1. The third-order valence-electron chi connectivity index (χ3n) is 5.16. The second kappa shape index (κ2) is 8.66. The van der Waals surface area contributed by atoms with Gasteiger partial charge in [0, 0.05) is 19.3 Å². The van der Waals surface area contributed by atoms with Crippen LogP contribution in [-0.2, 0) is 16.1 Å². The molecule has 1 aliphatic heterocycles.